The number of carboxylic acid groups (broad SMARTS) is 1. The number of Topliss-reactive ketones (excluding diaryl/α,β-unsaturated/α-hetero) is 2. The summed E-state index contributed by atoms with van der Waals surface area (Å²) in [4.78, 5) is 41.0. The van der Waals surface area contributed by atoms with Gasteiger partial charge >= 0.3 is 5.97 Å². The second kappa shape index (κ2) is 10.1. The maximum absolute atomic E-state index is 13.8. The number of aliphatic carboxylic acids is 1. The van der Waals surface area contributed by atoms with Gasteiger partial charge in [0.1, 0.15) is 0 Å². The first-order chi connectivity index (χ1) is 16.4. The van der Waals surface area contributed by atoms with Crippen LogP contribution in [0, 0.1) is 25.7 Å². The van der Waals surface area contributed by atoms with Crippen molar-refractivity contribution in [2.75, 3.05) is 19.6 Å². The topological polar surface area (TPSA) is 74.7 Å². The molecule has 0 saturated carbocycles. The summed E-state index contributed by atoms with van der Waals surface area (Å²) in [6, 6.07) is 24.2. The molecule has 0 amide bonds. The summed E-state index contributed by atoms with van der Waals surface area (Å²) in [5, 5.41) is 9.50. The van der Waals surface area contributed by atoms with E-state index in [9.17, 15) is 19.5 Å². The molecule has 34 heavy (non-hydrogen) atoms. The number of piperidine rings is 1. The van der Waals surface area contributed by atoms with Crippen LogP contribution in [0.4, 0.5) is 0 Å². The minimum Gasteiger partial charge on any atom is -0.480 e. The summed E-state index contributed by atoms with van der Waals surface area (Å²) in [7, 11) is 0. The summed E-state index contributed by atoms with van der Waals surface area (Å²) < 4.78 is 0. The number of rotatable bonds is 7. The molecule has 0 aliphatic carbocycles. The van der Waals surface area contributed by atoms with Gasteiger partial charge < -0.3 is 5.11 Å². The molecule has 1 aliphatic heterocycles. The molecule has 1 aliphatic rings. The number of likely N-dealkylation sites (tertiary alicyclic amines) is 1. The Morgan fingerprint density at radius 1 is 0.765 bits per heavy atom. The van der Waals surface area contributed by atoms with Crippen molar-refractivity contribution in [2.45, 2.75) is 19.8 Å². The van der Waals surface area contributed by atoms with Gasteiger partial charge in [-0.1, -0.05) is 78.9 Å². The average molecular weight is 456 g/mol. The Balaban J connectivity index is 1.86. The summed E-state index contributed by atoms with van der Waals surface area (Å²) in [5.41, 5.74) is 4.30. The molecule has 1 N–H and O–H groups in total. The standard InChI is InChI=1S/C29H29NO4/c1-19-10-9-15-23(20(19)2)27-24(28(33)21-11-5-3-6-12-21)16-30(18-26(31)32)17-25(27)29(34)22-13-7-4-8-14-22/h3-15,24-25,27H,16-18H2,1-2H3,(H,31,32). The first kappa shape index (κ1) is 23.6. The highest BCUT2D eigenvalue weighted by molar-refractivity contribution is 6.02. The zero-order valence-corrected chi connectivity index (χ0v) is 19.5. The van der Waals surface area contributed by atoms with Gasteiger partial charge in [0, 0.05) is 42.0 Å². The lowest BCUT2D eigenvalue weighted by molar-refractivity contribution is -0.139. The third kappa shape index (κ3) is 4.85. The van der Waals surface area contributed by atoms with E-state index in [-0.39, 0.29) is 37.1 Å². The quantitative estimate of drug-likeness (QED) is 0.519. The highest BCUT2D eigenvalue weighted by Gasteiger charge is 2.45. The van der Waals surface area contributed by atoms with Crippen molar-refractivity contribution >= 4 is 17.5 Å². The van der Waals surface area contributed by atoms with Crippen LogP contribution in [-0.4, -0.2) is 47.2 Å². The fourth-order valence-corrected chi connectivity index (χ4v) is 5.15. The van der Waals surface area contributed by atoms with Gasteiger partial charge in [-0.25, -0.2) is 0 Å². The number of ketones is 2. The molecule has 5 nitrogen and oxygen atoms in total. The van der Waals surface area contributed by atoms with Crippen molar-refractivity contribution in [1.29, 1.82) is 0 Å². The SMILES string of the molecule is Cc1cccc(C2C(C(=O)c3ccccc3)CN(CC(=O)O)CC2C(=O)c2ccccc2)c1C. The Morgan fingerprint density at radius 3 is 1.74 bits per heavy atom. The molecule has 0 bridgehead atoms. The molecular weight excluding hydrogens is 426 g/mol. The lowest BCUT2D eigenvalue weighted by atomic mass is 9.67. The van der Waals surface area contributed by atoms with Crippen molar-refractivity contribution in [1.82, 2.24) is 4.90 Å². The Morgan fingerprint density at radius 2 is 1.26 bits per heavy atom. The molecule has 1 fully saturated rings. The van der Waals surface area contributed by atoms with E-state index in [1.807, 2.05) is 68.4 Å². The van der Waals surface area contributed by atoms with Gasteiger partial charge in [-0.05, 0) is 30.5 Å². The maximum atomic E-state index is 13.8. The van der Waals surface area contributed by atoms with E-state index in [2.05, 4.69) is 0 Å². The number of nitrogens with zero attached hydrogens (tertiary/aromatic N) is 1. The van der Waals surface area contributed by atoms with Crippen molar-refractivity contribution in [2.24, 2.45) is 11.8 Å². The number of hydrogen-bond donors (Lipinski definition) is 1. The molecule has 3 aromatic carbocycles. The minimum absolute atomic E-state index is 0.0625. The zero-order valence-electron chi connectivity index (χ0n) is 19.5. The second-order valence-electron chi connectivity index (χ2n) is 9.08. The van der Waals surface area contributed by atoms with Crippen molar-refractivity contribution in [3.63, 3.8) is 0 Å². The molecule has 3 aromatic rings. The summed E-state index contributed by atoms with van der Waals surface area (Å²) in [6.07, 6.45) is 0. The molecule has 0 radical (unpaired) electrons. The van der Waals surface area contributed by atoms with Gasteiger partial charge in [-0.15, -0.1) is 0 Å². The molecule has 2 atom stereocenters. The molecule has 0 spiro atoms. The van der Waals surface area contributed by atoms with Gasteiger partial charge in [0.15, 0.2) is 11.6 Å². The number of carboxylic acids is 1. The lowest BCUT2D eigenvalue weighted by Crippen LogP contribution is -2.51. The van der Waals surface area contributed by atoms with Gasteiger partial charge in [-0.3, -0.25) is 19.3 Å². The van der Waals surface area contributed by atoms with E-state index in [4.69, 9.17) is 0 Å². The zero-order chi connectivity index (χ0) is 24.2. The maximum Gasteiger partial charge on any atom is 0.317 e. The Labute approximate surface area is 200 Å². The second-order valence-corrected chi connectivity index (χ2v) is 9.08. The molecule has 0 aromatic heterocycles. The first-order valence-corrected chi connectivity index (χ1v) is 11.6. The van der Waals surface area contributed by atoms with Gasteiger partial charge in [-0.2, -0.15) is 0 Å². The normalized spacial score (nSPS) is 20.6. The van der Waals surface area contributed by atoms with Crippen LogP contribution in [0.5, 0.6) is 0 Å². The van der Waals surface area contributed by atoms with Gasteiger partial charge in [0.05, 0.1) is 6.54 Å². The largest absolute Gasteiger partial charge is 0.480 e. The van der Waals surface area contributed by atoms with E-state index in [1.54, 1.807) is 29.2 Å². The van der Waals surface area contributed by atoms with E-state index < -0.39 is 17.8 Å². The van der Waals surface area contributed by atoms with Crippen LogP contribution in [0.15, 0.2) is 78.9 Å². The van der Waals surface area contributed by atoms with E-state index in [1.165, 1.54) is 0 Å². The monoisotopic (exact) mass is 455 g/mol. The van der Waals surface area contributed by atoms with E-state index in [0.717, 1.165) is 16.7 Å². The van der Waals surface area contributed by atoms with Crippen LogP contribution in [-0.2, 0) is 4.79 Å². The molecule has 5 heteroatoms. The van der Waals surface area contributed by atoms with E-state index >= 15 is 0 Å². The van der Waals surface area contributed by atoms with Crippen molar-refractivity contribution in [3.05, 3.63) is 107 Å². The Hall–Kier alpha value is -3.57. The van der Waals surface area contributed by atoms with Crippen LogP contribution in [0.3, 0.4) is 0 Å². The predicted octanol–water partition coefficient (Wildman–Crippen LogP) is 4.79. The van der Waals surface area contributed by atoms with Gasteiger partial charge in [0.25, 0.3) is 0 Å². The van der Waals surface area contributed by atoms with Crippen molar-refractivity contribution in [3.8, 4) is 0 Å². The van der Waals surface area contributed by atoms with Crippen LogP contribution in [0.2, 0.25) is 0 Å². The molecule has 174 valence electrons. The summed E-state index contributed by atoms with van der Waals surface area (Å²) in [5.74, 6) is -2.55. The van der Waals surface area contributed by atoms with Crippen LogP contribution in [0.1, 0.15) is 43.3 Å². The fourth-order valence-electron chi connectivity index (χ4n) is 5.15. The summed E-state index contributed by atoms with van der Waals surface area (Å²) in [6.45, 7) is 4.42. The molecule has 2 unspecified atom stereocenters. The van der Waals surface area contributed by atoms with Crippen molar-refractivity contribution < 1.29 is 19.5 Å². The summed E-state index contributed by atoms with van der Waals surface area (Å²) >= 11 is 0. The van der Waals surface area contributed by atoms with Crippen LogP contribution in [0.25, 0.3) is 0 Å². The highest BCUT2D eigenvalue weighted by atomic mass is 16.4. The van der Waals surface area contributed by atoms with Crippen LogP contribution >= 0.6 is 0 Å². The average Bonchev–Trinajstić information content (AvgIpc) is 2.85. The fraction of sp³-hybridized carbons (Fsp3) is 0.276. The third-order valence-electron chi connectivity index (χ3n) is 6.93. The number of carbonyl (C=O) groups excluding carboxylic acids is 2. The lowest BCUT2D eigenvalue weighted by Gasteiger charge is -2.43. The molecular formula is C29H29NO4. The number of aryl methyl sites for hydroxylation is 1. The molecule has 4 rings (SSSR count). The smallest absolute Gasteiger partial charge is 0.317 e. The first-order valence-electron chi connectivity index (χ1n) is 11.6. The molecule has 1 heterocycles. The van der Waals surface area contributed by atoms with E-state index in [0.29, 0.717) is 11.1 Å². The third-order valence-corrected chi connectivity index (χ3v) is 6.93. The highest BCUT2D eigenvalue weighted by Crippen LogP contribution is 2.42. The number of hydrogen-bond acceptors (Lipinski definition) is 4. The molecule has 1 saturated heterocycles. The number of carbonyl (C=O) groups is 3. The predicted molar refractivity (Wildman–Crippen MR) is 131 cm³/mol. The minimum atomic E-state index is -0.970. The number of benzene rings is 3. The Kier molecular flexibility index (Phi) is 7.03. The van der Waals surface area contributed by atoms with Crippen LogP contribution < -0.4 is 0 Å². The van der Waals surface area contributed by atoms with Gasteiger partial charge in [0.2, 0.25) is 0 Å². The Bertz CT molecular complexity index is 1130.